The summed E-state index contributed by atoms with van der Waals surface area (Å²) in [6.07, 6.45) is 0.731. The largest absolute Gasteiger partial charge is 0.376 e. The lowest BCUT2D eigenvalue weighted by Crippen LogP contribution is -2.62. The summed E-state index contributed by atoms with van der Waals surface area (Å²) in [4.78, 5) is 26.9. The number of rotatable bonds is 2. The Labute approximate surface area is 124 Å². The van der Waals surface area contributed by atoms with Crippen LogP contribution in [-0.2, 0) is 14.3 Å². The quantitative estimate of drug-likeness (QED) is 0.891. The third-order valence-electron chi connectivity index (χ3n) is 4.32. The van der Waals surface area contributed by atoms with Crippen molar-refractivity contribution < 1.29 is 14.3 Å². The van der Waals surface area contributed by atoms with Gasteiger partial charge in [0.15, 0.2) is 0 Å². The van der Waals surface area contributed by atoms with Gasteiger partial charge >= 0.3 is 0 Å². The first-order valence-electron chi connectivity index (χ1n) is 7.38. The van der Waals surface area contributed by atoms with Gasteiger partial charge < -0.3 is 15.0 Å². The predicted octanol–water partition coefficient (Wildman–Crippen LogP) is 1.25. The highest BCUT2D eigenvalue weighted by Gasteiger charge is 2.45. The summed E-state index contributed by atoms with van der Waals surface area (Å²) < 4.78 is 5.60. The molecule has 2 aliphatic rings. The molecule has 3 rings (SSSR count). The van der Waals surface area contributed by atoms with Crippen molar-refractivity contribution in [1.29, 1.82) is 0 Å². The van der Waals surface area contributed by atoms with E-state index in [4.69, 9.17) is 4.74 Å². The van der Waals surface area contributed by atoms with Gasteiger partial charge in [0.2, 0.25) is 11.8 Å². The molecular formula is C16H20N2O3. The number of nitrogens with one attached hydrogen (secondary N) is 1. The molecular weight excluding hydrogens is 268 g/mol. The van der Waals surface area contributed by atoms with Gasteiger partial charge in [-0.25, -0.2) is 0 Å². The first-order valence-corrected chi connectivity index (χ1v) is 7.38. The minimum Gasteiger partial charge on any atom is -0.376 e. The van der Waals surface area contributed by atoms with Crippen LogP contribution in [0.15, 0.2) is 30.3 Å². The molecule has 21 heavy (non-hydrogen) atoms. The van der Waals surface area contributed by atoms with Gasteiger partial charge in [-0.3, -0.25) is 9.59 Å². The van der Waals surface area contributed by atoms with Crippen molar-refractivity contribution >= 4 is 11.8 Å². The molecule has 2 heterocycles. The van der Waals surface area contributed by atoms with Crippen LogP contribution in [0.3, 0.4) is 0 Å². The molecule has 2 saturated heterocycles. The van der Waals surface area contributed by atoms with E-state index in [1.54, 1.807) is 11.8 Å². The maximum Gasteiger partial charge on any atom is 0.248 e. The fourth-order valence-corrected chi connectivity index (χ4v) is 3.22. The van der Waals surface area contributed by atoms with Gasteiger partial charge in [-0.15, -0.1) is 0 Å². The topological polar surface area (TPSA) is 58.6 Å². The zero-order valence-electron chi connectivity index (χ0n) is 12.3. The van der Waals surface area contributed by atoms with E-state index in [1.165, 1.54) is 0 Å². The van der Waals surface area contributed by atoms with Gasteiger partial charge in [0.05, 0.1) is 12.1 Å². The van der Waals surface area contributed by atoms with E-state index in [2.05, 4.69) is 5.32 Å². The molecule has 0 saturated carbocycles. The zero-order chi connectivity index (χ0) is 15.0. The molecule has 0 aliphatic carbocycles. The molecule has 4 unspecified atom stereocenters. The Bertz CT molecular complexity index is 546. The van der Waals surface area contributed by atoms with Crippen molar-refractivity contribution in [2.24, 2.45) is 0 Å². The minimum absolute atomic E-state index is 0.0363. The normalized spacial score (nSPS) is 33.1. The van der Waals surface area contributed by atoms with Gasteiger partial charge in [0, 0.05) is 6.61 Å². The van der Waals surface area contributed by atoms with E-state index in [-0.39, 0.29) is 24.0 Å². The van der Waals surface area contributed by atoms with Crippen LogP contribution in [0.25, 0.3) is 0 Å². The standard InChI is InChI=1S/C16H20N2O3/c1-10-16(20)18(13-8-9-21-11(13)2)14(15(19)17-10)12-6-4-3-5-7-12/h3-7,10-11,13-14H,8-9H2,1-2H3,(H,17,19). The smallest absolute Gasteiger partial charge is 0.248 e. The van der Waals surface area contributed by atoms with Gasteiger partial charge in [-0.2, -0.15) is 0 Å². The lowest BCUT2D eigenvalue weighted by Gasteiger charge is -2.42. The van der Waals surface area contributed by atoms with Crippen LogP contribution in [0.1, 0.15) is 31.9 Å². The number of piperazine rings is 1. The van der Waals surface area contributed by atoms with Crippen molar-refractivity contribution in [2.75, 3.05) is 6.61 Å². The zero-order valence-corrected chi connectivity index (χ0v) is 12.3. The number of nitrogens with zero attached hydrogens (tertiary/aromatic N) is 1. The van der Waals surface area contributed by atoms with Crippen LogP contribution in [0, 0.1) is 0 Å². The highest BCUT2D eigenvalue weighted by atomic mass is 16.5. The molecule has 0 spiro atoms. The summed E-state index contributed by atoms with van der Waals surface area (Å²) in [5.74, 6) is -0.154. The maximum absolute atomic E-state index is 12.6. The van der Waals surface area contributed by atoms with E-state index in [1.807, 2.05) is 37.3 Å². The fourth-order valence-electron chi connectivity index (χ4n) is 3.22. The molecule has 1 aromatic rings. The van der Waals surface area contributed by atoms with Crippen molar-refractivity contribution in [2.45, 2.75) is 44.5 Å². The molecule has 2 fully saturated rings. The van der Waals surface area contributed by atoms with Gasteiger partial charge in [0.25, 0.3) is 0 Å². The average Bonchev–Trinajstić information content (AvgIpc) is 2.89. The summed E-state index contributed by atoms with van der Waals surface area (Å²) in [5, 5.41) is 2.77. The molecule has 4 atom stereocenters. The lowest BCUT2D eigenvalue weighted by molar-refractivity contribution is -0.153. The summed E-state index contributed by atoms with van der Waals surface area (Å²) in [5.41, 5.74) is 0.842. The van der Waals surface area contributed by atoms with Crippen LogP contribution < -0.4 is 5.32 Å². The van der Waals surface area contributed by atoms with E-state index in [0.717, 1.165) is 12.0 Å². The Morgan fingerprint density at radius 2 is 1.90 bits per heavy atom. The summed E-state index contributed by atoms with van der Waals surface area (Å²) >= 11 is 0. The first-order chi connectivity index (χ1) is 10.1. The lowest BCUT2D eigenvalue weighted by atomic mass is 9.96. The molecule has 0 bridgehead atoms. The Hall–Kier alpha value is -1.88. The molecule has 2 aliphatic heterocycles. The molecule has 1 N–H and O–H groups in total. The van der Waals surface area contributed by atoms with Crippen LogP contribution in [-0.4, -0.2) is 41.5 Å². The third-order valence-corrected chi connectivity index (χ3v) is 4.32. The van der Waals surface area contributed by atoms with Crippen LogP contribution in [0.4, 0.5) is 0 Å². The number of ether oxygens (including phenoxy) is 1. The van der Waals surface area contributed by atoms with Crippen LogP contribution in [0.5, 0.6) is 0 Å². The monoisotopic (exact) mass is 288 g/mol. The number of hydrogen-bond acceptors (Lipinski definition) is 3. The molecule has 0 aromatic heterocycles. The van der Waals surface area contributed by atoms with Crippen molar-refractivity contribution in [1.82, 2.24) is 10.2 Å². The second kappa shape index (κ2) is 5.48. The number of amides is 2. The minimum atomic E-state index is -0.566. The molecule has 1 aromatic carbocycles. The Morgan fingerprint density at radius 1 is 1.19 bits per heavy atom. The van der Waals surface area contributed by atoms with E-state index in [0.29, 0.717) is 6.61 Å². The van der Waals surface area contributed by atoms with Crippen LogP contribution in [0.2, 0.25) is 0 Å². The SMILES string of the molecule is CC1NC(=O)C(c2ccccc2)N(C2CCOC2C)C1=O. The summed E-state index contributed by atoms with van der Waals surface area (Å²) in [7, 11) is 0. The highest BCUT2D eigenvalue weighted by molar-refractivity contribution is 5.97. The Morgan fingerprint density at radius 3 is 2.52 bits per heavy atom. The molecule has 5 nitrogen and oxygen atoms in total. The van der Waals surface area contributed by atoms with E-state index >= 15 is 0 Å². The highest BCUT2D eigenvalue weighted by Crippen LogP contribution is 2.32. The van der Waals surface area contributed by atoms with Crippen molar-refractivity contribution in [3.63, 3.8) is 0 Å². The second-order valence-corrected chi connectivity index (χ2v) is 5.72. The molecule has 2 amide bonds. The predicted molar refractivity (Wildman–Crippen MR) is 77.5 cm³/mol. The fraction of sp³-hybridized carbons (Fsp3) is 0.500. The number of carbonyl (C=O) groups is 2. The average molecular weight is 288 g/mol. The van der Waals surface area contributed by atoms with Crippen LogP contribution >= 0.6 is 0 Å². The number of carbonyl (C=O) groups excluding carboxylic acids is 2. The van der Waals surface area contributed by atoms with E-state index in [9.17, 15) is 9.59 Å². The maximum atomic E-state index is 12.6. The summed E-state index contributed by atoms with van der Waals surface area (Å²) in [6.45, 7) is 4.33. The first kappa shape index (κ1) is 14.1. The Kier molecular flexibility index (Phi) is 3.68. The van der Waals surface area contributed by atoms with Gasteiger partial charge in [0.1, 0.15) is 12.1 Å². The second-order valence-electron chi connectivity index (χ2n) is 5.72. The molecule has 112 valence electrons. The number of hydrogen-bond donors (Lipinski definition) is 1. The van der Waals surface area contributed by atoms with Crippen molar-refractivity contribution in [3.8, 4) is 0 Å². The Balaban J connectivity index is 2.00. The third kappa shape index (κ3) is 2.42. The molecule has 5 heteroatoms. The summed E-state index contributed by atoms with van der Waals surface area (Å²) in [6, 6.07) is 8.36. The van der Waals surface area contributed by atoms with E-state index < -0.39 is 12.1 Å². The van der Waals surface area contributed by atoms with Gasteiger partial charge in [-0.05, 0) is 25.8 Å². The molecule has 0 radical (unpaired) electrons. The van der Waals surface area contributed by atoms with Gasteiger partial charge in [-0.1, -0.05) is 30.3 Å². The number of benzene rings is 1. The van der Waals surface area contributed by atoms with Crippen molar-refractivity contribution in [3.05, 3.63) is 35.9 Å².